The van der Waals surface area contributed by atoms with E-state index in [1.807, 2.05) is 0 Å². The Morgan fingerprint density at radius 1 is 0.950 bits per heavy atom. The Hall–Kier alpha value is -1.68. The van der Waals surface area contributed by atoms with Crippen molar-refractivity contribution < 1.29 is 25.9 Å². The summed E-state index contributed by atoms with van der Waals surface area (Å²) in [4.78, 5) is -0.612. The highest BCUT2D eigenvalue weighted by Gasteiger charge is 2.18. The number of fused-ring (bicyclic) bond motifs is 1. The van der Waals surface area contributed by atoms with Gasteiger partial charge >= 0.3 is 0 Å². The Balaban J connectivity index is 2.85. The highest BCUT2D eigenvalue weighted by Crippen LogP contribution is 2.31. The molecule has 9 heteroatoms. The molecule has 0 spiro atoms. The first-order valence-electron chi connectivity index (χ1n) is 5.34. The van der Waals surface area contributed by atoms with Crippen molar-refractivity contribution >= 4 is 36.7 Å². The molecule has 0 bridgehead atoms. The topological polar surface area (TPSA) is 121 Å². The summed E-state index contributed by atoms with van der Waals surface area (Å²) in [5, 5.41) is 3.45. The zero-order chi connectivity index (χ0) is 15.1. The molecule has 0 saturated heterocycles. The average Bonchev–Trinajstić information content (AvgIpc) is 2.34. The Bertz CT molecular complexity index is 887. The van der Waals surface area contributed by atoms with Crippen LogP contribution in [0.3, 0.4) is 0 Å². The zero-order valence-electron chi connectivity index (χ0n) is 10.2. The minimum Gasteiger partial charge on any atom is -0.386 e. The van der Waals surface area contributed by atoms with Gasteiger partial charge in [0.25, 0.3) is 20.2 Å². The summed E-state index contributed by atoms with van der Waals surface area (Å²) in [6.07, 6.45) is 0. The second-order valence-corrected chi connectivity index (χ2v) is 6.83. The molecule has 7 nitrogen and oxygen atoms in total. The first-order chi connectivity index (χ1) is 9.14. The number of rotatable bonds is 3. The quantitative estimate of drug-likeness (QED) is 0.731. The van der Waals surface area contributed by atoms with Gasteiger partial charge in [-0.3, -0.25) is 9.11 Å². The predicted molar refractivity (Wildman–Crippen MR) is 73.1 cm³/mol. The van der Waals surface area contributed by atoms with Gasteiger partial charge in [-0.1, -0.05) is 12.1 Å². The van der Waals surface area contributed by atoms with Crippen LogP contribution in [0.2, 0.25) is 0 Å². The number of hydrogen-bond donors (Lipinski definition) is 3. The molecule has 2 aromatic carbocycles. The second kappa shape index (κ2) is 4.70. The molecule has 2 aromatic rings. The zero-order valence-corrected chi connectivity index (χ0v) is 11.9. The van der Waals surface area contributed by atoms with Crippen LogP contribution in [0.5, 0.6) is 0 Å². The normalized spacial score (nSPS) is 12.6. The largest absolute Gasteiger partial charge is 0.386 e. The summed E-state index contributed by atoms with van der Waals surface area (Å²) in [5.74, 6) is 0. The average molecular weight is 317 g/mol. The fraction of sp³-hybridized carbons (Fsp3) is 0.0909. The number of nitrogens with one attached hydrogen (secondary N) is 1. The SMILES string of the molecule is CNc1c(S(=O)(=O)O)ccc2cc(S(=O)(=O)O)ccc12. The third kappa shape index (κ3) is 2.61. The molecule has 0 aliphatic rings. The van der Waals surface area contributed by atoms with Crippen LogP contribution in [0.25, 0.3) is 10.8 Å². The molecule has 0 aliphatic heterocycles. The molecule has 0 atom stereocenters. The molecule has 20 heavy (non-hydrogen) atoms. The van der Waals surface area contributed by atoms with Gasteiger partial charge in [-0.2, -0.15) is 16.8 Å². The van der Waals surface area contributed by atoms with Crippen molar-refractivity contribution in [2.24, 2.45) is 0 Å². The van der Waals surface area contributed by atoms with E-state index in [4.69, 9.17) is 9.11 Å². The van der Waals surface area contributed by atoms with Gasteiger partial charge in [0.15, 0.2) is 0 Å². The smallest absolute Gasteiger partial charge is 0.296 e. The van der Waals surface area contributed by atoms with Crippen LogP contribution in [0, 0.1) is 0 Å². The summed E-state index contributed by atoms with van der Waals surface area (Å²) >= 11 is 0. The van der Waals surface area contributed by atoms with Crippen molar-refractivity contribution in [3.05, 3.63) is 30.3 Å². The van der Waals surface area contributed by atoms with E-state index in [9.17, 15) is 16.8 Å². The molecule has 0 saturated carbocycles. The van der Waals surface area contributed by atoms with Gasteiger partial charge in [0.1, 0.15) is 4.90 Å². The van der Waals surface area contributed by atoms with Gasteiger partial charge < -0.3 is 5.32 Å². The van der Waals surface area contributed by atoms with Gasteiger partial charge in [0, 0.05) is 12.4 Å². The third-order valence-electron chi connectivity index (χ3n) is 2.78. The van der Waals surface area contributed by atoms with Crippen molar-refractivity contribution in [1.82, 2.24) is 0 Å². The van der Waals surface area contributed by atoms with E-state index < -0.39 is 20.2 Å². The van der Waals surface area contributed by atoms with Crippen molar-refractivity contribution in [2.75, 3.05) is 12.4 Å². The molecule has 0 amide bonds. The second-order valence-electron chi connectivity index (χ2n) is 4.02. The van der Waals surface area contributed by atoms with Crippen molar-refractivity contribution in [3.8, 4) is 0 Å². The van der Waals surface area contributed by atoms with Crippen LogP contribution >= 0.6 is 0 Å². The molecular weight excluding hydrogens is 306 g/mol. The Kier molecular flexibility index (Phi) is 3.46. The molecular formula is C11H11NO6S2. The minimum absolute atomic E-state index is 0.145. The van der Waals surface area contributed by atoms with Crippen molar-refractivity contribution in [2.45, 2.75) is 9.79 Å². The first-order valence-corrected chi connectivity index (χ1v) is 8.22. The van der Waals surface area contributed by atoms with Crippen molar-refractivity contribution in [1.29, 1.82) is 0 Å². The van der Waals surface area contributed by atoms with Crippen LogP contribution < -0.4 is 5.32 Å². The monoisotopic (exact) mass is 317 g/mol. The van der Waals surface area contributed by atoms with Crippen LogP contribution in [0.4, 0.5) is 5.69 Å². The molecule has 0 unspecified atom stereocenters. The van der Waals surface area contributed by atoms with Gasteiger partial charge in [-0.05, 0) is 23.6 Å². The van der Waals surface area contributed by atoms with E-state index in [1.165, 1.54) is 25.2 Å². The molecule has 0 heterocycles. The van der Waals surface area contributed by atoms with Crippen LogP contribution in [-0.4, -0.2) is 33.0 Å². The molecule has 108 valence electrons. The molecule has 3 N–H and O–H groups in total. The summed E-state index contributed by atoms with van der Waals surface area (Å²) in [5.41, 5.74) is 0.145. The van der Waals surface area contributed by atoms with Crippen LogP contribution in [0.1, 0.15) is 0 Å². The summed E-state index contributed by atoms with van der Waals surface area (Å²) in [6, 6.07) is 6.19. The van der Waals surface area contributed by atoms with Gasteiger partial charge in [-0.25, -0.2) is 0 Å². The van der Waals surface area contributed by atoms with E-state index in [1.54, 1.807) is 0 Å². The van der Waals surface area contributed by atoms with Crippen molar-refractivity contribution in [3.63, 3.8) is 0 Å². The third-order valence-corrected chi connectivity index (χ3v) is 4.52. The Morgan fingerprint density at radius 3 is 2.10 bits per heavy atom. The predicted octanol–water partition coefficient (Wildman–Crippen LogP) is 1.37. The number of anilines is 1. The Labute approximate surface area is 115 Å². The fourth-order valence-electron chi connectivity index (χ4n) is 1.92. The number of benzene rings is 2. The molecule has 0 fully saturated rings. The van der Waals surface area contributed by atoms with Crippen LogP contribution in [0.15, 0.2) is 40.1 Å². The maximum absolute atomic E-state index is 11.3. The number of hydrogen-bond acceptors (Lipinski definition) is 5. The summed E-state index contributed by atoms with van der Waals surface area (Å²) < 4.78 is 62.8. The summed E-state index contributed by atoms with van der Waals surface area (Å²) in [6.45, 7) is 0. The van der Waals surface area contributed by atoms with Gasteiger partial charge in [0.05, 0.1) is 10.6 Å². The molecule has 0 aromatic heterocycles. The van der Waals surface area contributed by atoms with E-state index in [0.717, 1.165) is 12.1 Å². The van der Waals surface area contributed by atoms with E-state index in [0.29, 0.717) is 10.8 Å². The molecule has 0 radical (unpaired) electrons. The minimum atomic E-state index is -4.41. The highest BCUT2D eigenvalue weighted by molar-refractivity contribution is 7.86. The summed E-state index contributed by atoms with van der Waals surface area (Å²) in [7, 11) is -7.27. The lowest BCUT2D eigenvalue weighted by atomic mass is 10.1. The maximum atomic E-state index is 11.3. The lowest BCUT2D eigenvalue weighted by Gasteiger charge is -2.11. The first kappa shape index (κ1) is 14.7. The molecule has 2 rings (SSSR count). The van der Waals surface area contributed by atoms with E-state index in [-0.39, 0.29) is 15.5 Å². The van der Waals surface area contributed by atoms with E-state index >= 15 is 0 Å². The van der Waals surface area contributed by atoms with Gasteiger partial charge in [-0.15, -0.1) is 0 Å². The molecule has 0 aliphatic carbocycles. The van der Waals surface area contributed by atoms with Gasteiger partial charge in [0.2, 0.25) is 0 Å². The fourth-order valence-corrected chi connectivity index (χ4v) is 3.15. The van der Waals surface area contributed by atoms with E-state index in [2.05, 4.69) is 5.32 Å². The lowest BCUT2D eigenvalue weighted by Crippen LogP contribution is -2.04. The van der Waals surface area contributed by atoms with Crippen LogP contribution in [-0.2, 0) is 20.2 Å². The highest BCUT2D eigenvalue weighted by atomic mass is 32.2. The standard InChI is InChI=1S/C11H11NO6S2/c1-12-11-9-4-3-8(19(13,14)15)6-7(9)2-5-10(11)20(16,17)18/h2-6,12H,1H3,(H,13,14,15)(H,16,17,18). The maximum Gasteiger partial charge on any atom is 0.296 e. The Morgan fingerprint density at radius 2 is 1.60 bits per heavy atom. The lowest BCUT2D eigenvalue weighted by molar-refractivity contribution is 0.481.